The molecule has 0 spiro atoms. The molecule has 36 heavy (non-hydrogen) atoms. The molecule has 9 heteroatoms. The summed E-state index contributed by atoms with van der Waals surface area (Å²) in [7, 11) is 0. The maximum absolute atomic E-state index is 13.0. The maximum Gasteiger partial charge on any atom is 0.234 e. The average Bonchev–Trinajstić information content (AvgIpc) is 3.12. The number of para-hydroxylation sites is 2. The highest BCUT2D eigenvalue weighted by atomic mass is 16.5. The summed E-state index contributed by atoms with van der Waals surface area (Å²) in [4.78, 5) is 19.6. The Balaban J connectivity index is 1.26. The van der Waals surface area contributed by atoms with Gasteiger partial charge < -0.3 is 19.4 Å². The van der Waals surface area contributed by atoms with E-state index in [0.717, 1.165) is 74.6 Å². The molecular weight excluding hydrogens is 456 g/mol. The molecule has 4 heterocycles. The second-order valence-corrected chi connectivity index (χ2v) is 9.41. The minimum absolute atomic E-state index is 0.0228. The standard InChI is InChI=1S/C27H34N6O3/c34-26(29-18-25-31-30-24-13-3-1-7-16-33(24)25)20-32-15-6-2-8-17-35-22-11-4-5-12-23(22)36-27-21(19-32)10-9-14-28-27/h4-5,9-12,14H,1-3,6-8,13,15-20H2,(H,29,34). The Morgan fingerprint density at radius 1 is 0.944 bits per heavy atom. The normalized spacial score (nSPS) is 16.9. The lowest BCUT2D eigenvalue weighted by atomic mass is 10.2. The first-order valence-corrected chi connectivity index (χ1v) is 13.0. The molecule has 1 aromatic carbocycles. The third-order valence-corrected chi connectivity index (χ3v) is 6.67. The van der Waals surface area contributed by atoms with Crippen molar-refractivity contribution in [3.8, 4) is 17.4 Å². The van der Waals surface area contributed by atoms with Gasteiger partial charge in [0.25, 0.3) is 0 Å². The van der Waals surface area contributed by atoms with Crippen molar-refractivity contribution in [2.45, 2.75) is 64.6 Å². The molecule has 0 saturated heterocycles. The Morgan fingerprint density at radius 3 is 2.75 bits per heavy atom. The average molecular weight is 491 g/mol. The second-order valence-electron chi connectivity index (χ2n) is 9.41. The van der Waals surface area contributed by atoms with Crippen LogP contribution in [-0.4, -0.2) is 50.3 Å². The SMILES string of the molecule is O=C(CN1CCCCCOc2ccccc2Oc2ncccc2C1)NCc1nnc2n1CCCCC2. The van der Waals surface area contributed by atoms with E-state index < -0.39 is 0 Å². The number of amides is 1. The van der Waals surface area contributed by atoms with Crippen LogP contribution < -0.4 is 14.8 Å². The van der Waals surface area contributed by atoms with Crippen molar-refractivity contribution in [2.75, 3.05) is 19.7 Å². The lowest BCUT2D eigenvalue weighted by Crippen LogP contribution is -2.37. The number of hydrogen-bond donors (Lipinski definition) is 1. The zero-order chi connectivity index (χ0) is 24.6. The van der Waals surface area contributed by atoms with Crippen molar-refractivity contribution in [1.82, 2.24) is 30.0 Å². The first kappa shape index (κ1) is 24.2. The van der Waals surface area contributed by atoms with Gasteiger partial charge in [0.05, 0.1) is 19.7 Å². The molecule has 0 fully saturated rings. The summed E-state index contributed by atoms with van der Waals surface area (Å²) in [6.45, 7) is 3.61. The van der Waals surface area contributed by atoms with E-state index in [4.69, 9.17) is 9.47 Å². The topological polar surface area (TPSA) is 94.4 Å². The molecule has 0 bridgehead atoms. The minimum atomic E-state index is -0.0228. The fourth-order valence-electron chi connectivity index (χ4n) is 4.76. The molecule has 2 aromatic heterocycles. The number of carbonyl (C=O) groups is 1. The molecular formula is C27H34N6O3. The number of aromatic nitrogens is 4. The molecule has 2 aliphatic rings. The van der Waals surface area contributed by atoms with Crippen molar-refractivity contribution in [2.24, 2.45) is 0 Å². The number of nitrogens with zero attached hydrogens (tertiary/aromatic N) is 5. The molecule has 190 valence electrons. The molecule has 5 rings (SSSR count). The summed E-state index contributed by atoms with van der Waals surface area (Å²) < 4.78 is 14.3. The molecule has 0 atom stereocenters. The van der Waals surface area contributed by atoms with Gasteiger partial charge in [0.15, 0.2) is 17.3 Å². The van der Waals surface area contributed by atoms with Crippen molar-refractivity contribution in [3.05, 3.63) is 59.8 Å². The number of hydrogen-bond acceptors (Lipinski definition) is 7. The summed E-state index contributed by atoms with van der Waals surface area (Å²) in [5.41, 5.74) is 0.933. The smallest absolute Gasteiger partial charge is 0.234 e. The van der Waals surface area contributed by atoms with E-state index in [-0.39, 0.29) is 5.91 Å². The zero-order valence-corrected chi connectivity index (χ0v) is 20.7. The molecule has 1 amide bonds. The lowest BCUT2D eigenvalue weighted by molar-refractivity contribution is -0.122. The second kappa shape index (κ2) is 12.0. The van der Waals surface area contributed by atoms with Crippen molar-refractivity contribution in [3.63, 3.8) is 0 Å². The molecule has 0 saturated carbocycles. The summed E-state index contributed by atoms with van der Waals surface area (Å²) in [5, 5.41) is 11.7. The van der Waals surface area contributed by atoms with E-state index in [1.165, 1.54) is 6.42 Å². The van der Waals surface area contributed by atoms with Crippen LogP contribution in [0.5, 0.6) is 17.4 Å². The van der Waals surface area contributed by atoms with Crippen molar-refractivity contribution >= 4 is 5.91 Å². The molecule has 3 aromatic rings. The van der Waals surface area contributed by atoms with Crippen LogP contribution >= 0.6 is 0 Å². The van der Waals surface area contributed by atoms with Crippen LogP contribution in [0.3, 0.4) is 0 Å². The Hall–Kier alpha value is -3.46. The van der Waals surface area contributed by atoms with Gasteiger partial charge in [-0.1, -0.05) is 24.6 Å². The van der Waals surface area contributed by atoms with Crippen molar-refractivity contribution in [1.29, 1.82) is 0 Å². The van der Waals surface area contributed by atoms with Gasteiger partial charge in [-0.25, -0.2) is 4.98 Å². The molecule has 0 radical (unpaired) electrons. The summed E-state index contributed by atoms with van der Waals surface area (Å²) in [6.07, 6.45) is 9.11. The Bertz CT molecular complexity index is 1160. The van der Waals surface area contributed by atoms with E-state index >= 15 is 0 Å². The number of carbonyl (C=O) groups excluding carboxylic acids is 1. The van der Waals surface area contributed by atoms with E-state index in [0.29, 0.717) is 37.9 Å². The number of aryl methyl sites for hydroxylation is 1. The Labute approximate surface area is 211 Å². The fraction of sp³-hybridized carbons (Fsp3) is 0.481. The molecule has 0 aliphatic carbocycles. The zero-order valence-electron chi connectivity index (χ0n) is 20.7. The van der Waals surface area contributed by atoms with Crippen LogP contribution in [0, 0.1) is 0 Å². The monoisotopic (exact) mass is 490 g/mol. The van der Waals surface area contributed by atoms with Gasteiger partial charge in [-0.15, -0.1) is 10.2 Å². The van der Waals surface area contributed by atoms with Gasteiger partial charge in [0.1, 0.15) is 5.82 Å². The molecule has 0 unspecified atom stereocenters. The predicted molar refractivity (Wildman–Crippen MR) is 135 cm³/mol. The quantitative estimate of drug-likeness (QED) is 0.593. The van der Waals surface area contributed by atoms with Crippen LogP contribution in [-0.2, 0) is 30.8 Å². The number of fused-ring (bicyclic) bond motifs is 3. The van der Waals surface area contributed by atoms with E-state index in [9.17, 15) is 4.79 Å². The van der Waals surface area contributed by atoms with Crippen LogP contribution in [0.1, 0.15) is 55.7 Å². The van der Waals surface area contributed by atoms with Crippen LogP contribution in [0.15, 0.2) is 42.6 Å². The largest absolute Gasteiger partial charge is 0.490 e. The molecule has 2 aliphatic heterocycles. The highest BCUT2D eigenvalue weighted by Crippen LogP contribution is 2.32. The fourth-order valence-corrected chi connectivity index (χ4v) is 4.76. The van der Waals surface area contributed by atoms with Gasteiger partial charge in [0, 0.05) is 31.3 Å². The van der Waals surface area contributed by atoms with Crippen molar-refractivity contribution < 1.29 is 14.3 Å². The van der Waals surface area contributed by atoms with Gasteiger partial charge >= 0.3 is 0 Å². The van der Waals surface area contributed by atoms with E-state index in [1.807, 2.05) is 36.4 Å². The number of benzene rings is 1. The Morgan fingerprint density at radius 2 is 1.81 bits per heavy atom. The lowest BCUT2D eigenvalue weighted by Gasteiger charge is -2.22. The first-order chi connectivity index (χ1) is 17.8. The highest BCUT2D eigenvalue weighted by Gasteiger charge is 2.19. The van der Waals surface area contributed by atoms with E-state index in [1.54, 1.807) is 6.20 Å². The third kappa shape index (κ3) is 6.20. The van der Waals surface area contributed by atoms with Crippen LogP contribution in [0.4, 0.5) is 0 Å². The highest BCUT2D eigenvalue weighted by molar-refractivity contribution is 5.77. The minimum Gasteiger partial charge on any atom is -0.490 e. The summed E-state index contributed by atoms with van der Waals surface area (Å²) in [6, 6.07) is 11.6. The maximum atomic E-state index is 13.0. The third-order valence-electron chi connectivity index (χ3n) is 6.67. The van der Waals surface area contributed by atoms with E-state index in [2.05, 4.69) is 30.0 Å². The number of nitrogens with one attached hydrogen (secondary N) is 1. The predicted octanol–water partition coefficient (Wildman–Crippen LogP) is 3.87. The molecule has 9 nitrogen and oxygen atoms in total. The van der Waals surface area contributed by atoms with Crippen LogP contribution in [0.2, 0.25) is 0 Å². The van der Waals surface area contributed by atoms with Gasteiger partial charge in [0.2, 0.25) is 11.8 Å². The Kier molecular flexibility index (Phi) is 8.07. The number of pyridine rings is 1. The van der Waals surface area contributed by atoms with Gasteiger partial charge in [-0.2, -0.15) is 0 Å². The van der Waals surface area contributed by atoms with Gasteiger partial charge in [-0.05, 0) is 56.8 Å². The van der Waals surface area contributed by atoms with Crippen LogP contribution in [0.25, 0.3) is 0 Å². The molecule has 1 N–H and O–H groups in total. The summed E-state index contributed by atoms with van der Waals surface area (Å²) >= 11 is 0. The first-order valence-electron chi connectivity index (χ1n) is 13.0. The summed E-state index contributed by atoms with van der Waals surface area (Å²) in [5.74, 6) is 3.75. The van der Waals surface area contributed by atoms with Gasteiger partial charge in [-0.3, -0.25) is 9.69 Å². The number of ether oxygens (including phenoxy) is 2. The number of rotatable bonds is 4.